The third-order valence-corrected chi connectivity index (χ3v) is 5.41. The molecule has 0 aliphatic carbocycles. The van der Waals surface area contributed by atoms with Crippen LogP contribution in [-0.4, -0.2) is 34.2 Å². The number of nitrogens with one attached hydrogen (secondary N) is 2. The van der Waals surface area contributed by atoms with Gasteiger partial charge in [0.25, 0.3) is 5.91 Å². The molecule has 0 unspecified atom stereocenters. The van der Waals surface area contributed by atoms with E-state index in [1.807, 2.05) is 0 Å². The molecule has 0 radical (unpaired) electrons. The third kappa shape index (κ3) is 2.37. The van der Waals surface area contributed by atoms with Gasteiger partial charge in [-0.25, -0.2) is 8.42 Å². The lowest BCUT2D eigenvalue weighted by atomic mass is 10.4. The summed E-state index contributed by atoms with van der Waals surface area (Å²) in [4.78, 5) is 11.8. The second-order valence-corrected chi connectivity index (χ2v) is 6.47. The van der Waals surface area contributed by atoms with Gasteiger partial charge in [0.05, 0.1) is 11.4 Å². The minimum Gasteiger partial charge on any atom is -0.396 e. The fourth-order valence-electron chi connectivity index (χ4n) is 1.33. The molecule has 0 saturated carbocycles. The first kappa shape index (κ1) is 13.8. The van der Waals surface area contributed by atoms with Crippen molar-refractivity contribution in [1.29, 1.82) is 0 Å². The summed E-state index contributed by atoms with van der Waals surface area (Å²) in [6.07, 6.45) is 0. The zero-order chi connectivity index (χ0) is 13.2. The zero-order valence-electron chi connectivity index (χ0n) is 9.83. The van der Waals surface area contributed by atoms with Gasteiger partial charge in [0.1, 0.15) is 14.8 Å². The molecule has 1 aromatic rings. The normalized spacial score (nSPS) is 11.2. The summed E-state index contributed by atoms with van der Waals surface area (Å²) in [5.74, 6) is -0.447. The van der Waals surface area contributed by atoms with E-state index in [1.165, 1.54) is 14.0 Å². The van der Waals surface area contributed by atoms with E-state index in [0.29, 0.717) is 5.00 Å². The molecular weight excluding hydrogens is 262 g/mol. The Morgan fingerprint density at radius 3 is 2.41 bits per heavy atom. The fourth-order valence-corrected chi connectivity index (χ4v) is 3.93. The highest BCUT2D eigenvalue weighted by atomic mass is 32.2. The second-order valence-electron chi connectivity index (χ2n) is 3.24. The molecular formula is C9H15N3O3S2. The maximum atomic E-state index is 11.9. The quantitative estimate of drug-likeness (QED) is 0.745. The maximum Gasteiger partial charge on any atom is 0.263 e. The number of rotatable bonds is 4. The molecule has 0 aliphatic rings. The highest BCUT2D eigenvalue weighted by molar-refractivity contribution is 7.91. The Morgan fingerprint density at radius 1 is 1.41 bits per heavy atom. The first-order chi connectivity index (χ1) is 7.88. The van der Waals surface area contributed by atoms with Gasteiger partial charge in [-0.1, -0.05) is 6.92 Å². The van der Waals surface area contributed by atoms with Crippen molar-refractivity contribution in [2.24, 2.45) is 0 Å². The Hall–Kier alpha value is -1.28. The highest BCUT2D eigenvalue weighted by Gasteiger charge is 2.27. The van der Waals surface area contributed by atoms with Gasteiger partial charge < -0.3 is 16.4 Å². The van der Waals surface area contributed by atoms with Crippen molar-refractivity contribution < 1.29 is 13.2 Å². The SMILES string of the molecule is CCS(=O)(=O)c1c(NC)sc(C(=O)NC)c1N. The number of nitrogens with two attached hydrogens (primary N) is 1. The molecule has 17 heavy (non-hydrogen) atoms. The third-order valence-electron chi connectivity index (χ3n) is 2.25. The zero-order valence-corrected chi connectivity index (χ0v) is 11.5. The fraction of sp³-hybridized carbons (Fsp3) is 0.444. The Morgan fingerprint density at radius 2 is 2.00 bits per heavy atom. The van der Waals surface area contributed by atoms with Crippen LogP contribution in [0.25, 0.3) is 0 Å². The van der Waals surface area contributed by atoms with Crippen LogP contribution in [0, 0.1) is 0 Å². The number of hydrogen-bond acceptors (Lipinski definition) is 6. The molecule has 6 nitrogen and oxygen atoms in total. The number of hydrogen-bond donors (Lipinski definition) is 3. The van der Waals surface area contributed by atoms with Crippen LogP contribution in [0.5, 0.6) is 0 Å². The van der Waals surface area contributed by atoms with Crippen molar-refractivity contribution in [3.63, 3.8) is 0 Å². The standard InChI is InChI=1S/C9H15N3O3S2/c1-4-17(14,15)7-5(10)6(8(13)11-2)16-9(7)12-3/h12H,4,10H2,1-3H3,(H,11,13). The molecule has 8 heteroatoms. The lowest BCUT2D eigenvalue weighted by molar-refractivity contribution is 0.0968. The van der Waals surface area contributed by atoms with Crippen LogP contribution in [0.4, 0.5) is 10.7 Å². The molecule has 1 heterocycles. The second kappa shape index (κ2) is 4.92. The van der Waals surface area contributed by atoms with Crippen LogP contribution >= 0.6 is 11.3 Å². The van der Waals surface area contributed by atoms with Crippen LogP contribution in [0.1, 0.15) is 16.6 Å². The predicted molar refractivity (Wildman–Crippen MR) is 69.4 cm³/mol. The Labute approximate surface area is 104 Å². The molecule has 1 aromatic heterocycles. The topological polar surface area (TPSA) is 101 Å². The molecule has 4 N–H and O–H groups in total. The van der Waals surface area contributed by atoms with E-state index in [1.54, 1.807) is 7.05 Å². The first-order valence-corrected chi connectivity index (χ1v) is 7.40. The Balaban J connectivity index is 3.51. The van der Waals surface area contributed by atoms with Crippen LogP contribution in [-0.2, 0) is 9.84 Å². The van der Waals surface area contributed by atoms with Crippen molar-refractivity contribution in [2.75, 3.05) is 30.9 Å². The molecule has 0 atom stereocenters. The smallest absolute Gasteiger partial charge is 0.263 e. The summed E-state index contributed by atoms with van der Waals surface area (Å²) in [5, 5.41) is 5.57. The molecule has 96 valence electrons. The van der Waals surface area contributed by atoms with E-state index in [0.717, 1.165) is 11.3 Å². The van der Waals surface area contributed by atoms with Gasteiger partial charge in [0.15, 0.2) is 9.84 Å². The molecule has 0 saturated heterocycles. The number of amides is 1. The van der Waals surface area contributed by atoms with Gasteiger partial charge in [0.2, 0.25) is 0 Å². The molecule has 1 rings (SSSR count). The average molecular weight is 277 g/mol. The summed E-state index contributed by atoms with van der Waals surface area (Å²) in [5.41, 5.74) is 5.76. The predicted octanol–water partition coefficient (Wildman–Crippen LogP) is 0.525. The van der Waals surface area contributed by atoms with Crippen LogP contribution in [0.2, 0.25) is 0 Å². The molecule has 0 fully saturated rings. The van der Waals surface area contributed by atoms with Gasteiger partial charge in [-0.3, -0.25) is 4.79 Å². The van der Waals surface area contributed by atoms with E-state index >= 15 is 0 Å². The molecule has 1 amide bonds. The highest BCUT2D eigenvalue weighted by Crippen LogP contribution is 2.39. The van der Waals surface area contributed by atoms with Gasteiger partial charge in [-0.05, 0) is 0 Å². The van der Waals surface area contributed by atoms with Crippen molar-refractivity contribution >= 4 is 37.8 Å². The molecule has 0 spiro atoms. The van der Waals surface area contributed by atoms with Crippen LogP contribution in [0.15, 0.2) is 4.90 Å². The number of nitrogen functional groups attached to an aromatic ring is 1. The van der Waals surface area contributed by atoms with Gasteiger partial charge in [0, 0.05) is 14.1 Å². The first-order valence-electron chi connectivity index (χ1n) is 4.93. The molecule has 0 aliphatic heterocycles. The van der Waals surface area contributed by atoms with Crippen molar-refractivity contribution in [2.45, 2.75) is 11.8 Å². The van der Waals surface area contributed by atoms with E-state index in [9.17, 15) is 13.2 Å². The number of carbonyl (C=O) groups excluding carboxylic acids is 1. The largest absolute Gasteiger partial charge is 0.396 e. The summed E-state index contributed by atoms with van der Waals surface area (Å²) < 4.78 is 23.8. The lowest BCUT2D eigenvalue weighted by Crippen LogP contribution is -2.18. The van der Waals surface area contributed by atoms with E-state index < -0.39 is 9.84 Å². The number of anilines is 2. The monoisotopic (exact) mass is 277 g/mol. The average Bonchev–Trinajstić information content (AvgIpc) is 2.65. The minimum absolute atomic E-state index is 0.0144. The van der Waals surface area contributed by atoms with Crippen LogP contribution < -0.4 is 16.4 Å². The summed E-state index contributed by atoms with van der Waals surface area (Å²) in [6.45, 7) is 1.53. The van der Waals surface area contributed by atoms with E-state index in [4.69, 9.17) is 5.73 Å². The number of thiophene rings is 1. The van der Waals surface area contributed by atoms with Crippen molar-refractivity contribution in [1.82, 2.24) is 5.32 Å². The summed E-state index contributed by atoms with van der Waals surface area (Å²) in [7, 11) is -0.392. The van der Waals surface area contributed by atoms with Gasteiger partial charge in [-0.15, -0.1) is 11.3 Å². The van der Waals surface area contributed by atoms with Gasteiger partial charge in [-0.2, -0.15) is 0 Å². The Kier molecular flexibility index (Phi) is 3.99. The van der Waals surface area contributed by atoms with Crippen LogP contribution in [0.3, 0.4) is 0 Å². The molecule has 0 aromatic carbocycles. The van der Waals surface area contributed by atoms with E-state index in [-0.39, 0.29) is 27.1 Å². The van der Waals surface area contributed by atoms with Crippen molar-refractivity contribution in [3.05, 3.63) is 4.88 Å². The summed E-state index contributed by atoms with van der Waals surface area (Å²) >= 11 is 1.03. The van der Waals surface area contributed by atoms with Gasteiger partial charge >= 0.3 is 0 Å². The van der Waals surface area contributed by atoms with Crippen molar-refractivity contribution in [3.8, 4) is 0 Å². The van der Waals surface area contributed by atoms with E-state index in [2.05, 4.69) is 10.6 Å². The summed E-state index contributed by atoms with van der Waals surface area (Å²) in [6, 6.07) is 0. The Bertz CT molecular complexity index is 534. The number of carbonyl (C=O) groups is 1. The minimum atomic E-state index is -3.45. The maximum absolute atomic E-state index is 11.9. The lowest BCUT2D eigenvalue weighted by Gasteiger charge is -2.04. The number of sulfone groups is 1. The molecule has 0 bridgehead atoms.